The van der Waals surface area contributed by atoms with E-state index in [4.69, 9.17) is 15.6 Å². The molecule has 0 radical (unpaired) electrons. The van der Waals surface area contributed by atoms with E-state index in [2.05, 4.69) is 5.32 Å². The van der Waals surface area contributed by atoms with E-state index < -0.39 is 0 Å². The number of methoxy groups -OCH3 is 1. The first-order valence-corrected chi connectivity index (χ1v) is 5.47. The highest BCUT2D eigenvalue weighted by Crippen LogP contribution is 2.21. The number of nitrogens with two attached hydrogens (primary N) is 1. The second-order valence-corrected chi connectivity index (χ2v) is 3.72. The Labute approximate surface area is 101 Å². The Kier molecular flexibility index (Phi) is 4.78. The van der Waals surface area contributed by atoms with Crippen molar-refractivity contribution >= 4 is 11.6 Å². The number of aliphatic hydroxyl groups excluding tert-OH is 1. The van der Waals surface area contributed by atoms with Gasteiger partial charge in [0.25, 0.3) is 5.91 Å². The highest BCUT2D eigenvalue weighted by molar-refractivity contribution is 5.95. The fourth-order valence-corrected chi connectivity index (χ4v) is 1.42. The van der Waals surface area contributed by atoms with Crippen LogP contribution in [0.5, 0.6) is 5.75 Å². The topological polar surface area (TPSA) is 84.6 Å². The number of nitrogen functional groups attached to an aromatic ring is 1. The SMILES string of the molecule is CCC(CO)NC(=O)c1ccc(OC)c(N)c1. The summed E-state index contributed by atoms with van der Waals surface area (Å²) in [4.78, 5) is 11.8. The Morgan fingerprint density at radius 1 is 1.59 bits per heavy atom. The zero-order valence-corrected chi connectivity index (χ0v) is 10.1. The molecule has 1 amide bonds. The van der Waals surface area contributed by atoms with Crippen molar-refractivity contribution in [2.45, 2.75) is 19.4 Å². The molecule has 94 valence electrons. The highest BCUT2D eigenvalue weighted by Gasteiger charge is 2.12. The first kappa shape index (κ1) is 13.3. The average molecular weight is 238 g/mol. The van der Waals surface area contributed by atoms with E-state index in [1.54, 1.807) is 18.2 Å². The number of aliphatic hydroxyl groups is 1. The molecule has 0 spiro atoms. The number of carbonyl (C=O) groups is 1. The first-order chi connectivity index (χ1) is 8.12. The molecule has 5 heteroatoms. The lowest BCUT2D eigenvalue weighted by Gasteiger charge is -2.14. The number of hydrogen-bond acceptors (Lipinski definition) is 4. The Morgan fingerprint density at radius 3 is 2.76 bits per heavy atom. The highest BCUT2D eigenvalue weighted by atomic mass is 16.5. The second-order valence-electron chi connectivity index (χ2n) is 3.72. The number of ether oxygens (including phenoxy) is 1. The number of carbonyl (C=O) groups excluding carboxylic acids is 1. The number of rotatable bonds is 5. The Hall–Kier alpha value is -1.75. The minimum absolute atomic E-state index is 0.0755. The molecule has 1 atom stereocenters. The summed E-state index contributed by atoms with van der Waals surface area (Å²) in [6.07, 6.45) is 0.674. The average Bonchev–Trinajstić information content (AvgIpc) is 2.35. The molecule has 0 bridgehead atoms. The maximum atomic E-state index is 11.8. The van der Waals surface area contributed by atoms with Crippen molar-refractivity contribution in [1.82, 2.24) is 5.32 Å². The fourth-order valence-electron chi connectivity index (χ4n) is 1.42. The molecule has 0 heterocycles. The molecule has 4 N–H and O–H groups in total. The molecular weight excluding hydrogens is 220 g/mol. The maximum Gasteiger partial charge on any atom is 0.251 e. The molecule has 5 nitrogen and oxygen atoms in total. The molecule has 0 aliphatic rings. The summed E-state index contributed by atoms with van der Waals surface area (Å²) in [6.45, 7) is 1.82. The van der Waals surface area contributed by atoms with E-state index in [1.807, 2.05) is 6.92 Å². The minimum Gasteiger partial charge on any atom is -0.495 e. The third kappa shape index (κ3) is 3.35. The van der Waals surface area contributed by atoms with Gasteiger partial charge < -0.3 is 20.9 Å². The van der Waals surface area contributed by atoms with E-state index in [1.165, 1.54) is 7.11 Å². The molecule has 0 aliphatic heterocycles. The molecule has 0 fully saturated rings. The number of anilines is 1. The van der Waals surface area contributed by atoms with Gasteiger partial charge in [0, 0.05) is 5.56 Å². The molecule has 0 aromatic heterocycles. The fraction of sp³-hybridized carbons (Fsp3) is 0.417. The third-order valence-electron chi connectivity index (χ3n) is 2.54. The van der Waals surface area contributed by atoms with Crippen LogP contribution >= 0.6 is 0 Å². The van der Waals surface area contributed by atoms with Crippen molar-refractivity contribution in [2.75, 3.05) is 19.5 Å². The monoisotopic (exact) mass is 238 g/mol. The van der Waals surface area contributed by atoms with Crippen molar-refractivity contribution in [3.8, 4) is 5.75 Å². The van der Waals surface area contributed by atoms with Gasteiger partial charge in [0.15, 0.2) is 0 Å². The van der Waals surface area contributed by atoms with E-state index in [9.17, 15) is 4.79 Å². The van der Waals surface area contributed by atoms with Crippen LogP contribution in [0.4, 0.5) is 5.69 Å². The van der Waals surface area contributed by atoms with Gasteiger partial charge in [-0.25, -0.2) is 0 Å². The summed E-state index contributed by atoms with van der Waals surface area (Å²) in [5, 5.41) is 11.7. The van der Waals surface area contributed by atoms with Gasteiger partial charge in [0.05, 0.1) is 25.4 Å². The molecule has 0 saturated carbocycles. The predicted octanol–water partition coefficient (Wildman–Crippen LogP) is 0.778. The number of nitrogens with one attached hydrogen (secondary N) is 1. The van der Waals surface area contributed by atoms with Crippen LogP contribution in [0.15, 0.2) is 18.2 Å². The van der Waals surface area contributed by atoms with Gasteiger partial charge in [-0.3, -0.25) is 4.79 Å². The normalized spacial score (nSPS) is 11.9. The zero-order chi connectivity index (χ0) is 12.8. The molecule has 1 rings (SSSR count). The second kappa shape index (κ2) is 6.10. The number of amides is 1. The van der Waals surface area contributed by atoms with Gasteiger partial charge in [0.1, 0.15) is 5.75 Å². The van der Waals surface area contributed by atoms with Gasteiger partial charge in [-0.1, -0.05) is 6.92 Å². The van der Waals surface area contributed by atoms with Crippen molar-refractivity contribution in [3.05, 3.63) is 23.8 Å². The first-order valence-electron chi connectivity index (χ1n) is 5.47. The van der Waals surface area contributed by atoms with E-state index in [0.29, 0.717) is 23.4 Å². The van der Waals surface area contributed by atoms with Gasteiger partial charge in [-0.05, 0) is 24.6 Å². The standard InChI is InChI=1S/C12H18N2O3/c1-3-9(7-15)14-12(16)8-4-5-11(17-2)10(13)6-8/h4-6,9,15H,3,7,13H2,1-2H3,(H,14,16). The summed E-state index contributed by atoms with van der Waals surface area (Å²) in [5.74, 6) is 0.288. The minimum atomic E-state index is -0.250. The van der Waals surface area contributed by atoms with Crippen molar-refractivity contribution in [3.63, 3.8) is 0 Å². The quantitative estimate of drug-likeness (QED) is 0.662. The summed E-state index contributed by atoms with van der Waals surface area (Å²) < 4.78 is 5.01. The predicted molar refractivity (Wildman–Crippen MR) is 66.0 cm³/mol. The number of benzene rings is 1. The molecule has 0 aliphatic carbocycles. The van der Waals surface area contributed by atoms with E-state index in [-0.39, 0.29) is 18.6 Å². The zero-order valence-electron chi connectivity index (χ0n) is 10.1. The van der Waals surface area contributed by atoms with Crippen LogP contribution in [0.1, 0.15) is 23.7 Å². The van der Waals surface area contributed by atoms with Crippen molar-refractivity contribution in [2.24, 2.45) is 0 Å². The van der Waals surface area contributed by atoms with Gasteiger partial charge in [0.2, 0.25) is 0 Å². The summed E-state index contributed by atoms with van der Waals surface area (Å²) in [5.41, 5.74) is 6.58. The summed E-state index contributed by atoms with van der Waals surface area (Å²) in [6, 6.07) is 4.60. The lowest BCUT2D eigenvalue weighted by Crippen LogP contribution is -2.36. The molecule has 17 heavy (non-hydrogen) atoms. The van der Waals surface area contributed by atoms with Crippen molar-refractivity contribution < 1.29 is 14.6 Å². The molecule has 1 unspecified atom stereocenters. The summed E-state index contributed by atoms with van der Waals surface area (Å²) >= 11 is 0. The largest absolute Gasteiger partial charge is 0.495 e. The van der Waals surface area contributed by atoms with Crippen LogP contribution in [0.25, 0.3) is 0 Å². The Balaban J connectivity index is 2.79. The van der Waals surface area contributed by atoms with Crippen LogP contribution in [-0.4, -0.2) is 30.8 Å². The van der Waals surface area contributed by atoms with Gasteiger partial charge in [-0.2, -0.15) is 0 Å². The lowest BCUT2D eigenvalue weighted by molar-refractivity contribution is 0.0915. The van der Waals surface area contributed by atoms with Crippen LogP contribution in [0, 0.1) is 0 Å². The molecular formula is C12H18N2O3. The smallest absolute Gasteiger partial charge is 0.251 e. The van der Waals surface area contributed by atoms with E-state index in [0.717, 1.165) is 0 Å². The van der Waals surface area contributed by atoms with Crippen LogP contribution in [0.2, 0.25) is 0 Å². The lowest BCUT2D eigenvalue weighted by atomic mass is 10.1. The van der Waals surface area contributed by atoms with Gasteiger partial charge >= 0.3 is 0 Å². The van der Waals surface area contributed by atoms with E-state index >= 15 is 0 Å². The van der Waals surface area contributed by atoms with Crippen LogP contribution in [0.3, 0.4) is 0 Å². The molecule has 1 aromatic rings. The third-order valence-corrected chi connectivity index (χ3v) is 2.54. The van der Waals surface area contributed by atoms with Crippen LogP contribution in [-0.2, 0) is 0 Å². The Morgan fingerprint density at radius 2 is 2.29 bits per heavy atom. The molecule has 0 saturated heterocycles. The van der Waals surface area contributed by atoms with Crippen molar-refractivity contribution in [1.29, 1.82) is 0 Å². The van der Waals surface area contributed by atoms with Gasteiger partial charge in [-0.15, -0.1) is 0 Å². The summed E-state index contributed by atoms with van der Waals surface area (Å²) in [7, 11) is 1.52. The maximum absolute atomic E-state index is 11.8. The number of hydrogen-bond donors (Lipinski definition) is 3. The molecule has 1 aromatic carbocycles. The Bertz CT molecular complexity index is 389. The van der Waals surface area contributed by atoms with Crippen LogP contribution < -0.4 is 15.8 Å².